The molecule has 0 amide bonds. The summed E-state index contributed by atoms with van der Waals surface area (Å²) in [4.78, 5) is 21.0. The molecular formula is C19H16N2OS. The minimum atomic E-state index is -0.0134. The third kappa shape index (κ3) is 3.60. The number of nitrogens with zero attached hydrogens (tertiary/aromatic N) is 2. The van der Waals surface area contributed by atoms with Gasteiger partial charge in [-0.25, -0.2) is 4.98 Å². The number of allylic oxidation sites excluding steroid dienone is 1. The molecule has 3 nitrogen and oxygen atoms in total. The highest BCUT2D eigenvalue weighted by Gasteiger charge is 2.06. The predicted molar refractivity (Wildman–Crippen MR) is 94.6 cm³/mol. The number of rotatable bonds is 4. The molecule has 0 N–H and O–H groups in total. The Balaban J connectivity index is 1.76. The number of carbonyl (C=O) groups excluding carboxylic acids is 1. The summed E-state index contributed by atoms with van der Waals surface area (Å²) >= 11 is 1.52. The zero-order valence-electron chi connectivity index (χ0n) is 13.0. The van der Waals surface area contributed by atoms with Gasteiger partial charge in [0.1, 0.15) is 5.01 Å². The van der Waals surface area contributed by atoms with E-state index in [-0.39, 0.29) is 5.78 Å². The summed E-state index contributed by atoms with van der Waals surface area (Å²) in [6.07, 6.45) is 5.07. The normalized spacial score (nSPS) is 11.0. The molecule has 3 rings (SSSR count). The molecule has 0 saturated carbocycles. The van der Waals surface area contributed by atoms with Crippen LogP contribution in [0.4, 0.5) is 0 Å². The van der Waals surface area contributed by atoms with Crippen LogP contribution in [0.25, 0.3) is 16.8 Å². The van der Waals surface area contributed by atoms with Gasteiger partial charge >= 0.3 is 0 Å². The lowest BCUT2D eigenvalue weighted by Crippen LogP contribution is -1.95. The largest absolute Gasteiger partial charge is 0.289 e. The van der Waals surface area contributed by atoms with Crippen LogP contribution in [0.3, 0.4) is 0 Å². The Bertz CT molecular complexity index is 866. The molecule has 0 spiro atoms. The molecular weight excluding hydrogens is 304 g/mol. The Morgan fingerprint density at radius 3 is 2.74 bits per heavy atom. The molecule has 2 aromatic heterocycles. The number of aromatic nitrogens is 2. The molecule has 0 fully saturated rings. The fourth-order valence-electron chi connectivity index (χ4n) is 2.12. The first-order chi connectivity index (χ1) is 11.1. The van der Waals surface area contributed by atoms with Gasteiger partial charge in [0.2, 0.25) is 0 Å². The third-order valence-electron chi connectivity index (χ3n) is 3.60. The van der Waals surface area contributed by atoms with Crippen molar-refractivity contribution in [2.75, 3.05) is 0 Å². The first kappa shape index (κ1) is 15.3. The average Bonchev–Trinajstić information content (AvgIpc) is 3.05. The van der Waals surface area contributed by atoms with Crippen molar-refractivity contribution in [2.24, 2.45) is 0 Å². The van der Waals surface area contributed by atoms with Crippen LogP contribution in [-0.2, 0) is 0 Å². The van der Waals surface area contributed by atoms with E-state index in [4.69, 9.17) is 0 Å². The maximum Gasteiger partial charge on any atom is 0.185 e. The molecule has 23 heavy (non-hydrogen) atoms. The molecule has 0 aliphatic carbocycles. The summed E-state index contributed by atoms with van der Waals surface area (Å²) in [5.74, 6) is -0.0134. The van der Waals surface area contributed by atoms with Gasteiger partial charge in [0.25, 0.3) is 0 Å². The van der Waals surface area contributed by atoms with E-state index in [1.807, 2.05) is 55.6 Å². The van der Waals surface area contributed by atoms with Gasteiger partial charge in [0.05, 0.1) is 11.4 Å². The number of benzene rings is 1. The molecule has 0 aliphatic rings. The second-order valence-electron chi connectivity index (χ2n) is 5.29. The minimum absolute atomic E-state index is 0.0134. The summed E-state index contributed by atoms with van der Waals surface area (Å²) in [7, 11) is 0. The van der Waals surface area contributed by atoms with Gasteiger partial charge in [-0.3, -0.25) is 9.78 Å². The van der Waals surface area contributed by atoms with E-state index in [0.29, 0.717) is 5.56 Å². The molecule has 3 aromatic rings. The van der Waals surface area contributed by atoms with E-state index in [2.05, 4.69) is 9.97 Å². The lowest BCUT2D eigenvalue weighted by atomic mass is 10.0. The Kier molecular flexibility index (Phi) is 4.44. The first-order valence-corrected chi connectivity index (χ1v) is 8.18. The van der Waals surface area contributed by atoms with Crippen molar-refractivity contribution >= 4 is 23.2 Å². The molecule has 2 heterocycles. The van der Waals surface area contributed by atoms with Crippen molar-refractivity contribution in [3.63, 3.8) is 0 Å². The first-order valence-electron chi connectivity index (χ1n) is 7.30. The fourth-order valence-corrected chi connectivity index (χ4v) is 2.88. The van der Waals surface area contributed by atoms with Crippen molar-refractivity contribution in [3.8, 4) is 10.7 Å². The maximum atomic E-state index is 12.2. The third-order valence-corrected chi connectivity index (χ3v) is 4.49. The SMILES string of the molecule is Cc1ccc(C(=O)/C=C/c2csc(-c3ccccn3)n2)cc1C. The van der Waals surface area contributed by atoms with Gasteiger partial charge < -0.3 is 0 Å². The zero-order valence-corrected chi connectivity index (χ0v) is 13.8. The Morgan fingerprint density at radius 1 is 1.13 bits per heavy atom. The predicted octanol–water partition coefficient (Wildman–Crippen LogP) is 4.72. The van der Waals surface area contributed by atoms with Gasteiger partial charge in [-0.1, -0.05) is 18.2 Å². The number of thiazole rings is 1. The number of hydrogen-bond donors (Lipinski definition) is 0. The van der Waals surface area contributed by atoms with Crippen LogP contribution in [0.1, 0.15) is 27.2 Å². The second-order valence-corrected chi connectivity index (χ2v) is 6.15. The number of carbonyl (C=O) groups is 1. The zero-order chi connectivity index (χ0) is 16.2. The topological polar surface area (TPSA) is 42.9 Å². The van der Waals surface area contributed by atoms with E-state index in [0.717, 1.165) is 22.0 Å². The Hall–Kier alpha value is -2.59. The Morgan fingerprint density at radius 2 is 2.00 bits per heavy atom. The number of pyridine rings is 1. The molecule has 0 bridgehead atoms. The van der Waals surface area contributed by atoms with Gasteiger partial charge in [-0.15, -0.1) is 11.3 Å². The minimum Gasteiger partial charge on any atom is -0.289 e. The van der Waals surface area contributed by atoms with Crippen LogP contribution >= 0.6 is 11.3 Å². The molecule has 114 valence electrons. The summed E-state index contributed by atoms with van der Waals surface area (Å²) in [6.45, 7) is 4.04. The molecule has 0 saturated heterocycles. The summed E-state index contributed by atoms with van der Waals surface area (Å²) in [5, 5.41) is 2.78. The van der Waals surface area contributed by atoms with Gasteiger partial charge in [0.15, 0.2) is 5.78 Å². The average molecular weight is 320 g/mol. The Labute approximate surface area is 139 Å². The number of aryl methyl sites for hydroxylation is 2. The van der Waals surface area contributed by atoms with Crippen LogP contribution in [0.15, 0.2) is 54.1 Å². The fraction of sp³-hybridized carbons (Fsp3) is 0.105. The highest BCUT2D eigenvalue weighted by molar-refractivity contribution is 7.13. The smallest absolute Gasteiger partial charge is 0.185 e. The molecule has 0 atom stereocenters. The molecule has 0 aliphatic heterocycles. The number of hydrogen-bond acceptors (Lipinski definition) is 4. The van der Waals surface area contributed by atoms with Crippen LogP contribution < -0.4 is 0 Å². The van der Waals surface area contributed by atoms with Crippen molar-refractivity contribution in [3.05, 3.63) is 76.4 Å². The van der Waals surface area contributed by atoms with Crippen LogP contribution in [0.5, 0.6) is 0 Å². The van der Waals surface area contributed by atoms with E-state index in [9.17, 15) is 4.79 Å². The highest BCUT2D eigenvalue weighted by atomic mass is 32.1. The number of ketones is 1. The molecule has 4 heteroatoms. The summed E-state index contributed by atoms with van der Waals surface area (Å²) in [5.41, 5.74) is 4.62. The van der Waals surface area contributed by atoms with Crippen molar-refractivity contribution < 1.29 is 4.79 Å². The molecule has 0 unspecified atom stereocenters. The van der Waals surface area contributed by atoms with Crippen LogP contribution in [0.2, 0.25) is 0 Å². The van der Waals surface area contributed by atoms with Crippen molar-refractivity contribution in [1.82, 2.24) is 9.97 Å². The summed E-state index contributed by atoms with van der Waals surface area (Å²) in [6, 6.07) is 11.5. The highest BCUT2D eigenvalue weighted by Crippen LogP contribution is 2.22. The van der Waals surface area contributed by atoms with Crippen molar-refractivity contribution in [2.45, 2.75) is 13.8 Å². The van der Waals surface area contributed by atoms with E-state index >= 15 is 0 Å². The van der Waals surface area contributed by atoms with E-state index in [1.165, 1.54) is 16.9 Å². The van der Waals surface area contributed by atoms with Crippen molar-refractivity contribution in [1.29, 1.82) is 0 Å². The van der Waals surface area contributed by atoms with E-state index < -0.39 is 0 Å². The second kappa shape index (κ2) is 6.67. The molecule has 1 aromatic carbocycles. The monoisotopic (exact) mass is 320 g/mol. The standard InChI is InChI=1S/C19H16N2OS/c1-13-6-7-15(11-14(13)2)18(22)9-8-16-12-23-19(21-16)17-5-3-4-10-20-17/h3-12H,1-2H3/b9-8+. The molecule has 0 radical (unpaired) electrons. The van der Waals surface area contributed by atoms with Gasteiger partial charge in [-0.2, -0.15) is 0 Å². The quantitative estimate of drug-likeness (QED) is 0.516. The van der Waals surface area contributed by atoms with Crippen LogP contribution in [0, 0.1) is 13.8 Å². The van der Waals surface area contributed by atoms with Gasteiger partial charge in [-0.05, 0) is 55.3 Å². The maximum absolute atomic E-state index is 12.2. The summed E-state index contributed by atoms with van der Waals surface area (Å²) < 4.78 is 0. The van der Waals surface area contributed by atoms with Crippen LogP contribution in [-0.4, -0.2) is 15.8 Å². The lowest BCUT2D eigenvalue weighted by molar-refractivity contribution is 0.104. The van der Waals surface area contributed by atoms with E-state index in [1.54, 1.807) is 18.3 Å². The van der Waals surface area contributed by atoms with Gasteiger partial charge in [0, 0.05) is 17.1 Å². The lowest BCUT2D eigenvalue weighted by Gasteiger charge is -2.01.